The van der Waals surface area contributed by atoms with Crippen molar-refractivity contribution in [2.45, 2.75) is 12.7 Å². The fraction of sp³-hybridized carbons (Fsp3) is 0.333. The number of benzene rings is 1. The Bertz CT molecular complexity index is 649. The summed E-state index contributed by atoms with van der Waals surface area (Å²) in [6.45, 7) is 0.0729. The molecule has 0 unspecified atom stereocenters. The van der Waals surface area contributed by atoms with Gasteiger partial charge < -0.3 is 14.4 Å². The molecule has 0 aliphatic heterocycles. The summed E-state index contributed by atoms with van der Waals surface area (Å²) in [5.74, 6) is -2.28. The first-order chi connectivity index (χ1) is 9.34. The van der Waals surface area contributed by atoms with Crippen LogP contribution in [-0.2, 0) is 17.5 Å². The zero-order chi connectivity index (χ0) is 14.9. The smallest absolute Gasteiger partial charge is 0.449 e. The predicted molar refractivity (Wildman–Crippen MR) is 63.6 cm³/mol. The molecule has 5 nitrogen and oxygen atoms in total. The van der Waals surface area contributed by atoms with Crippen LogP contribution in [0.3, 0.4) is 0 Å². The molecule has 0 radical (unpaired) electrons. The van der Waals surface area contributed by atoms with E-state index in [-0.39, 0.29) is 29.7 Å². The van der Waals surface area contributed by atoms with Crippen LogP contribution in [0.25, 0.3) is 11.0 Å². The predicted octanol–water partition coefficient (Wildman–Crippen LogP) is 2.40. The number of ether oxygens (including phenoxy) is 1. The number of aromatic carboxylic acids is 1. The first-order valence-corrected chi connectivity index (χ1v) is 5.64. The molecule has 108 valence electrons. The molecule has 0 fully saturated rings. The van der Waals surface area contributed by atoms with E-state index in [9.17, 15) is 18.0 Å². The van der Waals surface area contributed by atoms with Crippen molar-refractivity contribution in [3.8, 4) is 0 Å². The van der Waals surface area contributed by atoms with Gasteiger partial charge in [0, 0.05) is 13.7 Å². The fourth-order valence-corrected chi connectivity index (χ4v) is 1.89. The van der Waals surface area contributed by atoms with Gasteiger partial charge in [-0.25, -0.2) is 9.78 Å². The molecule has 20 heavy (non-hydrogen) atoms. The summed E-state index contributed by atoms with van der Waals surface area (Å²) < 4.78 is 44.6. The Balaban J connectivity index is 2.62. The minimum Gasteiger partial charge on any atom is -0.478 e. The first-order valence-electron chi connectivity index (χ1n) is 5.64. The van der Waals surface area contributed by atoms with Crippen molar-refractivity contribution in [2.75, 3.05) is 13.7 Å². The standard InChI is InChI=1S/C12H11F3N2O3/c1-20-5-4-17-9-3-2-7(10(18)19)6-8(9)16-11(17)12(13,14)15/h2-3,6H,4-5H2,1H3,(H,18,19). The molecule has 2 rings (SSSR count). The van der Waals surface area contributed by atoms with Gasteiger partial charge in [-0.05, 0) is 18.2 Å². The molecular weight excluding hydrogens is 277 g/mol. The summed E-state index contributed by atoms with van der Waals surface area (Å²) in [6, 6.07) is 3.68. The van der Waals surface area contributed by atoms with E-state index in [0.29, 0.717) is 0 Å². The molecule has 1 N–H and O–H groups in total. The van der Waals surface area contributed by atoms with Gasteiger partial charge in [0.15, 0.2) is 0 Å². The molecule has 0 bridgehead atoms. The Morgan fingerprint density at radius 3 is 2.70 bits per heavy atom. The molecule has 2 aromatic rings. The van der Waals surface area contributed by atoms with E-state index in [1.54, 1.807) is 0 Å². The molecule has 1 aromatic carbocycles. The highest BCUT2D eigenvalue weighted by atomic mass is 19.4. The molecule has 0 amide bonds. The maximum atomic E-state index is 12.9. The second-order valence-electron chi connectivity index (χ2n) is 4.09. The van der Waals surface area contributed by atoms with Crippen molar-refractivity contribution in [2.24, 2.45) is 0 Å². The second-order valence-corrected chi connectivity index (χ2v) is 4.09. The molecule has 0 aliphatic rings. The molecule has 0 saturated heterocycles. The van der Waals surface area contributed by atoms with Crippen LogP contribution in [0.2, 0.25) is 0 Å². The number of aromatic nitrogens is 2. The number of halogens is 3. The average Bonchev–Trinajstić information content (AvgIpc) is 2.73. The van der Waals surface area contributed by atoms with Crippen molar-refractivity contribution in [1.82, 2.24) is 9.55 Å². The number of rotatable bonds is 4. The normalized spacial score (nSPS) is 12.0. The maximum absolute atomic E-state index is 12.9. The van der Waals surface area contributed by atoms with E-state index in [2.05, 4.69) is 4.98 Å². The van der Waals surface area contributed by atoms with Crippen LogP contribution in [0.4, 0.5) is 13.2 Å². The zero-order valence-corrected chi connectivity index (χ0v) is 10.4. The van der Waals surface area contributed by atoms with Gasteiger partial charge in [0.25, 0.3) is 0 Å². The SMILES string of the molecule is COCCn1c(C(F)(F)F)nc2cc(C(=O)O)ccc21. The summed E-state index contributed by atoms with van der Waals surface area (Å²) in [6.07, 6.45) is -4.61. The molecule has 0 spiro atoms. The number of carboxylic acid groups (broad SMARTS) is 1. The fourth-order valence-electron chi connectivity index (χ4n) is 1.89. The lowest BCUT2D eigenvalue weighted by Gasteiger charge is -2.10. The van der Waals surface area contributed by atoms with Gasteiger partial charge >= 0.3 is 12.1 Å². The summed E-state index contributed by atoms with van der Waals surface area (Å²) in [5, 5.41) is 8.84. The minimum absolute atomic E-state index is 0.00618. The van der Waals surface area contributed by atoms with Crippen molar-refractivity contribution in [3.05, 3.63) is 29.6 Å². The van der Waals surface area contributed by atoms with Crippen LogP contribution in [0, 0.1) is 0 Å². The van der Waals surface area contributed by atoms with Crippen LogP contribution in [0.5, 0.6) is 0 Å². The van der Waals surface area contributed by atoms with Gasteiger partial charge in [-0.15, -0.1) is 0 Å². The summed E-state index contributed by atoms with van der Waals surface area (Å²) in [7, 11) is 1.38. The summed E-state index contributed by atoms with van der Waals surface area (Å²) in [5.41, 5.74) is 0.107. The maximum Gasteiger partial charge on any atom is 0.449 e. The molecule has 1 heterocycles. The third-order valence-corrected chi connectivity index (χ3v) is 2.77. The highest BCUT2D eigenvalue weighted by molar-refractivity contribution is 5.92. The van der Waals surface area contributed by atoms with Gasteiger partial charge in [-0.3, -0.25) is 0 Å². The molecule has 8 heteroatoms. The lowest BCUT2D eigenvalue weighted by Crippen LogP contribution is -2.16. The van der Waals surface area contributed by atoms with Crippen LogP contribution in [-0.4, -0.2) is 34.3 Å². The number of hydrogen-bond acceptors (Lipinski definition) is 3. The van der Waals surface area contributed by atoms with Crippen LogP contribution in [0.1, 0.15) is 16.2 Å². The molecule has 0 saturated carbocycles. The van der Waals surface area contributed by atoms with Gasteiger partial charge in [0.05, 0.1) is 23.2 Å². The highest BCUT2D eigenvalue weighted by Gasteiger charge is 2.37. The monoisotopic (exact) mass is 288 g/mol. The van der Waals surface area contributed by atoms with Gasteiger partial charge in [-0.2, -0.15) is 13.2 Å². The summed E-state index contributed by atoms with van der Waals surface area (Å²) in [4.78, 5) is 14.3. The Morgan fingerprint density at radius 1 is 1.45 bits per heavy atom. The first kappa shape index (κ1) is 14.3. The number of carbonyl (C=O) groups is 1. The molecule has 0 aliphatic carbocycles. The van der Waals surface area contributed by atoms with Gasteiger partial charge in [0.2, 0.25) is 5.82 Å². The van der Waals surface area contributed by atoms with Crippen molar-refractivity contribution in [3.63, 3.8) is 0 Å². The van der Waals surface area contributed by atoms with E-state index >= 15 is 0 Å². The molecule has 0 atom stereocenters. The topological polar surface area (TPSA) is 64.4 Å². The van der Waals surface area contributed by atoms with Crippen molar-refractivity contribution >= 4 is 17.0 Å². The lowest BCUT2D eigenvalue weighted by molar-refractivity contribution is -0.147. The van der Waals surface area contributed by atoms with E-state index in [0.717, 1.165) is 10.6 Å². The lowest BCUT2D eigenvalue weighted by atomic mass is 10.2. The Morgan fingerprint density at radius 2 is 2.15 bits per heavy atom. The number of fused-ring (bicyclic) bond motifs is 1. The number of alkyl halides is 3. The quantitative estimate of drug-likeness (QED) is 0.938. The second kappa shape index (κ2) is 5.12. The molecular formula is C12H11F3N2O3. The third kappa shape index (κ3) is 2.60. The van der Waals surface area contributed by atoms with Crippen LogP contribution in [0.15, 0.2) is 18.2 Å². The van der Waals surface area contributed by atoms with Crippen LogP contribution < -0.4 is 0 Å². The Labute approximate surface area is 111 Å². The Kier molecular flexibility index (Phi) is 3.67. The minimum atomic E-state index is -4.61. The number of hydrogen-bond donors (Lipinski definition) is 1. The number of imidazole rings is 1. The third-order valence-electron chi connectivity index (χ3n) is 2.77. The van der Waals surface area contributed by atoms with E-state index < -0.39 is 18.0 Å². The largest absolute Gasteiger partial charge is 0.478 e. The van der Waals surface area contributed by atoms with Crippen molar-refractivity contribution in [1.29, 1.82) is 0 Å². The number of nitrogens with zero attached hydrogens (tertiary/aromatic N) is 2. The molecule has 1 aromatic heterocycles. The van der Waals surface area contributed by atoms with E-state index in [1.165, 1.54) is 19.2 Å². The van der Waals surface area contributed by atoms with E-state index in [1.807, 2.05) is 0 Å². The number of carboxylic acids is 1. The number of methoxy groups -OCH3 is 1. The Hall–Kier alpha value is -2.09. The van der Waals surface area contributed by atoms with Gasteiger partial charge in [0.1, 0.15) is 0 Å². The van der Waals surface area contributed by atoms with Crippen LogP contribution >= 0.6 is 0 Å². The zero-order valence-electron chi connectivity index (χ0n) is 10.4. The highest BCUT2D eigenvalue weighted by Crippen LogP contribution is 2.31. The average molecular weight is 288 g/mol. The summed E-state index contributed by atoms with van der Waals surface area (Å²) >= 11 is 0. The van der Waals surface area contributed by atoms with Crippen molar-refractivity contribution < 1.29 is 27.8 Å². The van der Waals surface area contributed by atoms with Gasteiger partial charge in [-0.1, -0.05) is 0 Å². The van der Waals surface area contributed by atoms with E-state index in [4.69, 9.17) is 9.84 Å².